The highest BCUT2D eigenvalue weighted by atomic mass is 32.1. The fourth-order valence-corrected chi connectivity index (χ4v) is 5.43. The van der Waals surface area contributed by atoms with E-state index in [1.54, 1.807) is 29.0 Å². The number of morpholine rings is 1. The highest BCUT2D eigenvalue weighted by Gasteiger charge is 2.21. The van der Waals surface area contributed by atoms with Crippen LogP contribution in [0.15, 0.2) is 54.6 Å². The summed E-state index contributed by atoms with van der Waals surface area (Å²) < 4.78 is 6.57. The number of hydrogen-bond acceptors (Lipinski definition) is 10. The van der Waals surface area contributed by atoms with Gasteiger partial charge in [0, 0.05) is 48.7 Å². The van der Waals surface area contributed by atoms with Gasteiger partial charge in [0.2, 0.25) is 0 Å². The average Bonchev–Trinajstić information content (AvgIpc) is 3.39. The lowest BCUT2D eigenvalue weighted by Crippen LogP contribution is -2.36. The van der Waals surface area contributed by atoms with Crippen LogP contribution < -0.4 is 21.4 Å². The molecule has 0 unspecified atom stereocenters. The van der Waals surface area contributed by atoms with Crippen molar-refractivity contribution in [3.05, 3.63) is 71.3 Å². The van der Waals surface area contributed by atoms with E-state index in [1.165, 1.54) is 12.3 Å². The Morgan fingerprint density at radius 3 is 2.72 bits per heavy atom. The summed E-state index contributed by atoms with van der Waals surface area (Å²) in [4.78, 5) is 23.2. The third-order valence-electron chi connectivity index (χ3n) is 6.42. The minimum absolute atomic E-state index is 0.520. The van der Waals surface area contributed by atoms with E-state index in [0.29, 0.717) is 30.3 Å². The maximum Gasteiger partial charge on any atom is 0.267 e. The first-order chi connectivity index (χ1) is 19.1. The number of nitrogen functional groups attached to an aromatic ring is 1. The van der Waals surface area contributed by atoms with E-state index in [2.05, 4.69) is 10.2 Å². The van der Waals surface area contributed by atoms with Crippen LogP contribution in [-0.4, -0.2) is 60.1 Å². The minimum atomic E-state index is -0.566. The summed E-state index contributed by atoms with van der Waals surface area (Å²) in [6.45, 7) is 3.51. The number of nitrogens with two attached hydrogens (primary N) is 1. The smallest absolute Gasteiger partial charge is 0.267 e. The zero-order valence-electron chi connectivity index (χ0n) is 21.2. The summed E-state index contributed by atoms with van der Waals surface area (Å²) in [6, 6.07) is 15.5. The summed E-state index contributed by atoms with van der Waals surface area (Å²) in [5.74, 6) is 0.848. The van der Waals surface area contributed by atoms with Crippen molar-refractivity contribution in [1.29, 1.82) is 5.41 Å². The van der Waals surface area contributed by atoms with Crippen molar-refractivity contribution in [2.24, 2.45) is 0 Å². The molecule has 0 aliphatic carbocycles. The Balaban J connectivity index is 1.37. The number of amides is 1. The Hall–Kier alpha value is -4.32. The number of carbonyl (C=O) groups excluding carboxylic acids is 1. The van der Waals surface area contributed by atoms with Crippen LogP contribution in [0, 0.1) is 5.41 Å². The lowest BCUT2D eigenvalue weighted by Gasteiger charge is -2.28. The Kier molecular flexibility index (Phi) is 8.11. The summed E-state index contributed by atoms with van der Waals surface area (Å²) in [6.07, 6.45) is 4.98. The molecule has 4 aromatic rings. The number of rotatable bonds is 9. The molecule has 1 fully saturated rings. The number of benzene rings is 2. The normalized spacial score (nSPS) is 13.6. The van der Waals surface area contributed by atoms with Gasteiger partial charge in [0.25, 0.3) is 5.91 Å². The average molecular weight is 544 g/mol. The van der Waals surface area contributed by atoms with Gasteiger partial charge in [-0.2, -0.15) is 0 Å². The van der Waals surface area contributed by atoms with Gasteiger partial charge in [0.1, 0.15) is 0 Å². The van der Waals surface area contributed by atoms with E-state index in [-0.39, 0.29) is 0 Å². The predicted molar refractivity (Wildman–Crippen MR) is 156 cm³/mol. The molecule has 1 aliphatic heterocycles. The first-order valence-corrected chi connectivity index (χ1v) is 13.4. The highest BCUT2D eigenvalue weighted by molar-refractivity contribution is 7.23. The number of hydroxylamine groups is 1. The Bertz CT molecular complexity index is 1510. The second kappa shape index (κ2) is 12.0. The van der Waals surface area contributed by atoms with Crippen LogP contribution >= 0.6 is 11.3 Å². The molecule has 2 aromatic carbocycles. The van der Waals surface area contributed by atoms with E-state index < -0.39 is 5.91 Å². The van der Waals surface area contributed by atoms with E-state index >= 15 is 0 Å². The van der Waals surface area contributed by atoms with Crippen molar-refractivity contribution in [2.45, 2.75) is 6.42 Å². The number of nitrogens with one attached hydrogen (secondary N) is 3. The molecule has 11 heteroatoms. The third-order valence-corrected chi connectivity index (χ3v) is 7.50. The molecule has 3 heterocycles. The van der Waals surface area contributed by atoms with Crippen LogP contribution in [0.1, 0.15) is 16.7 Å². The summed E-state index contributed by atoms with van der Waals surface area (Å²) in [7, 11) is 0. The van der Waals surface area contributed by atoms with E-state index in [9.17, 15) is 4.79 Å². The van der Waals surface area contributed by atoms with Gasteiger partial charge in [0.15, 0.2) is 11.6 Å². The molecule has 1 saturated heterocycles. The van der Waals surface area contributed by atoms with E-state index in [0.717, 1.165) is 63.8 Å². The van der Waals surface area contributed by atoms with Gasteiger partial charge in [0.05, 0.1) is 28.4 Å². The Morgan fingerprint density at radius 1 is 1.18 bits per heavy atom. The number of anilines is 3. The number of ether oxygens (including phenoxy) is 1. The molecule has 2 aromatic heterocycles. The molecule has 0 saturated carbocycles. The standard InChI is InChI=1S/C28H29N7O3S/c29-17-21-20(2-1-3-22(21)30)27-32-23-16-25(39-26(23)28(33-27)35-12-14-38-15-13-35)31-11-10-19-6-4-18(5-7-19)8-9-24(36)34-37/h1-9,16-17,29,31,37H,10-15,30H2,(H,34,36)/b9-8+,29-17?. The maximum absolute atomic E-state index is 11.2. The van der Waals surface area contributed by atoms with Crippen molar-refractivity contribution < 1.29 is 14.7 Å². The lowest BCUT2D eigenvalue weighted by atomic mass is 10.1. The SMILES string of the molecule is N=Cc1c(N)cccc1-c1nc(N2CCOCC2)c2sc(NCCc3ccc(/C=C/C(=O)NO)cc3)cc2n1. The molecule has 0 radical (unpaired) electrons. The molecule has 39 heavy (non-hydrogen) atoms. The molecule has 6 N–H and O–H groups in total. The number of fused-ring (bicyclic) bond motifs is 1. The molecule has 1 amide bonds. The molecule has 0 atom stereocenters. The highest BCUT2D eigenvalue weighted by Crippen LogP contribution is 2.37. The summed E-state index contributed by atoms with van der Waals surface area (Å²) in [5, 5.41) is 21.0. The summed E-state index contributed by atoms with van der Waals surface area (Å²) in [5.41, 5.74) is 12.4. The van der Waals surface area contributed by atoms with Gasteiger partial charge in [-0.15, -0.1) is 11.3 Å². The molecular weight excluding hydrogens is 514 g/mol. The molecule has 10 nitrogen and oxygen atoms in total. The van der Waals surface area contributed by atoms with Crippen LogP contribution in [0.2, 0.25) is 0 Å². The molecule has 0 spiro atoms. The first kappa shape index (κ1) is 26.3. The number of hydrogen-bond donors (Lipinski definition) is 5. The largest absolute Gasteiger partial charge is 0.398 e. The minimum Gasteiger partial charge on any atom is -0.398 e. The van der Waals surface area contributed by atoms with Gasteiger partial charge in [-0.25, -0.2) is 15.4 Å². The van der Waals surface area contributed by atoms with E-state index in [4.69, 9.17) is 31.1 Å². The van der Waals surface area contributed by atoms with Crippen LogP contribution in [0.25, 0.3) is 27.7 Å². The molecular formula is C28H29N7O3S. The van der Waals surface area contributed by atoms with Crippen LogP contribution in [0.4, 0.5) is 16.5 Å². The Morgan fingerprint density at radius 2 is 1.97 bits per heavy atom. The number of aromatic nitrogens is 2. The maximum atomic E-state index is 11.2. The number of carbonyl (C=O) groups is 1. The Labute approximate surface area is 229 Å². The lowest BCUT2D eigenvalue weighted by molar-refractivity contribution is -0.124. The molecule has 200 valence electrons. The van der Waals surface area contributed by atoms with Crippen molar-refractivity contribution in [3.8, 4) is 11.4 Å². The fourth-order valence-electron chi connectivity index (χ4n) is 4.39. The van der Waals surface area contributed by atoms with Gasteiger partial charge in [-0.1, -0.05) is 36.4 Å². The van der Waals surface area contributed by atoms with Crippen LogP contribution in [0.3, 0.4) is 0 Å². The molecule has 5 rings (SSSR count). The molecule has 1 aliphatic rings. The van der Waals surface area contributed by atoms with Gasteiger partial charge >= 0.3 is 0 Å². The van der Waals surface area contributed by atoms with E-state index in [1.807, 2.05) is 42.5 Å². The van der Waals surface area contributed by atoms with Crippen molar-refractivity contribution in [2.75, 3.05) is 48.8 Å². The number of nitrogens with zero attached hydrogens (tertiary/aromatic N) is 3. The van der Waals surface area contributed by atoms with Gasteiger partial charge in [-0.3, -0.25) is 10.0 Å². The zero-order valence-corrected chi connectivity index (χ0v) is 22.0. The number of thiophene rings is 1. The van der Waals surface area contributed by atoms with Crippen molar-refractivity contribution in [1.82, 2.24) is 15.4 Å². The van der Waals surface area contributed by atoms with Crippen LogP contribution in [0.5, 0.6) is 0 Å². The van der Waals surface area contributed by atoms with Crippen molar-refractivity contribution in [3.63, 3.8) is 0 Å². The van der Waals surface area contributed by atoms with Gasteiger partial charge in [-0.05, 0) is 35.8 Å². The predicted octanol–water partition coefficient (Wildman–Crippen LogP) is 3.95. The quantitative estimate of drug-likeness (QED) is 0.0700. The summed E-state index contributed by atoms with van der Waals surface area (Å²) >= 11 is 1.63. The van der Waals surface area contributed by atoms with Gasteiger partial charge < -0.3 is 26.1 Å². The first-order valence-electron chi connectivity index (χ1n) is 12.5. The second-order valence-electron chi connectivity index (χ2n) is 8.98. The van der Waals surface area contributed by atoms with Crippen molar-refractivity contribution >= 4 is 56.3 Å². The zero-order chi connectivity index (χ0) is 27.2. The topological polar surface area (TPSA) is 149 Å². The third kappa shape index (κ3) is 6.06. The fraction of sp³-hybridized carbons (Fsp3) is 0.214. The van der Waals surface area contributed by atoms with Crippen LogP contribution in [-0.2, 0) is 16.0 Å². The molecule has 0 bridgehead atoms. The second-order valence-corrected chi connectivity index (χ2v) is 10.0. The monoisotopic (exact) mass is 543 g/mol.